The number of rotatable bonds is 6. The molecule has 0 aliphatic carbocycles. The number of likely N-dealkylation sites (N-methyl/N-ethyl adjacent to an activating group) is 1. The lowest BCUT2D eigenvalue weighted by Crippen LogP contribution is -2.37. The third-order valence-corrected chi connectivity index (χ3v) is 2.57. The Balaban J connectivity index is 2.52. The molecule has 0 saturated heterocycles. The van der Waals surface area contributed by atoms with Crippen molar-refractivity contribution in [3.8, 4) is 0 Å². The van der Waals surface area contributed by atoms with Gasteiger partial charge in [0.25, 0.3) is 0 Å². The fourth-order valence-corrected chi connectivity index (χ4v) is 1.60. The third-order valence-electron chi connectivity index (χ3n) is 2.57. The Hall–Kier alpha value is -1.46. The van der Waals surface area contributed by atoms with E-state index >= 15 is 0 Å². The van der Waals surface area contributed by atoms with Crippen LogP contribution >= 0.6 is 0 Å². The molecule has 0 saturated carbocycles. The average Bonchev–Trinajstić information content (AvgIpc) is 2.32. The number of hydrogen-bond donors (Lipinski definition) is 1. The van der Waals surface area contributed by atoms with Crippen LogP contribution in [0.5, 0.6) is 0 Å². The van der Waals surface area contributed by atoms with Crippen molar-refractivity contribution >= 4 is 5.91 Å². The summed E-state index contributed by atoms with van der Waals surface area (Å²) in [5.41, 5.74) is 0.357. The summed E-state index contributed by atoms with van der Waals surface area (Å²) in [6.07, 6.45) is -0.743. The summed E-state index contributed by atoms with van der Waals surface area (Å²) >= 11 is 0. The average molecular weight is 255 g/mol. The van der Waals surface area contributed by atoms with Gasteiger partial charge in [0, 0.05) is 20.7 Å². The van der Waals surface area contributed by atoms with Crippen LogP contribution in [0.15, 0.2) is 24.3 Å². The minimum Gasteiger partial charge on any atom is -0.389 e. The number of benzene rings is 1. The predicted octanol–water partition coefficient (Wildman–Crippen LogP) is 0.834. The number of aliphatic hydroxyl groups excluding tert-OH is 1. The Morgan fingerprint density at radius 2 is 2.17 bits per heavy atom. The van der Waals surface area contributed by atoms with Gasteiger partial charge in [-0.05, 0) is 11.6 Å². The summed E-state index contributed by atoms with van der Waals surface area (Å²) in [5, 5.41) is 9.50. The van der Waals surface area contributed by atoms with Crippen molar-refractivity contribution in [3.05, 3.63) is 35.6 Å². The highest BCUT2D eigenvalue weighted by atomic mass is 19.1. The number of carbonyl (C=O) groups is 1. The SMILES string of the molecule is COCC(O)CN(C)C(=O)Cc1ccccc1F. The second-order valence-corrected chi connectivity index (χ2v) is 4.15. The first-order chi connectivity index (χ1) is 8.54. The molecule has 1 aromatic rings. The van der Waals surface area contributed by atoms with E-state index < -0.39 is 11.9 Å². The van der Waals surface area contributed by atoms with Crippen LogP contribution in [0.25, 0.3) is 0 Å². The topological polar surface area (TPSA) is 49.8 Å². The second-order valence-electron chi connectivity index (χ2n) is 4.15. The second kappa shape index (κ2) is 7.08. The van der Waals surface area contributed by atoms with E-state index in [1.807, 2.05) is 0 Å². The number of methoxy groups -OCH3 is 1. The normalized spacial score (nSPS) is 12.2. The standard InChI is InChI=1S/C13H18FNO3/c1-15(8-11(16)9-18-2)13(17)7-10-5-3-4-6-12(10)14/h3-6,11,16H,7-9H2,1-2H3. The molecule has 0 aliphatic heterocycles. The van der Waals surface area contributed by atoms with Gasteiger partial charge in [0.2, 0.25) is 5.91 Å². The van der Waals surface area contributed by atoms with E-state index in [1.54, 1.807) is 25.2 Å². The highest BCUT2D eigenvalue weighted by Gasteiger charge is 2.15. The van der Waals surface area contributed by atoms with Crippen LogP contribution in [-0.2, 0) is 16.0 Å². The van der Waals surface area contributed by atoms with Gasteiger partial charge in [-0.1, -0.05) is 18.2 Å². The summed E-state index contributed by atoms with van der Waals surface area (Å²) in [5.74, 6) is -0.632. The molecule has 1 rings (SSSR count). The molecule has 18 heavy (non-hydrogen) atoms. The van der Waals surface area contributed by atoms with Crippen LogP contribution in [0.2, 0.25) is 0 Å². The lowest BCUT2D eigenvalue weighted by atomic mass is 10.1. The minimum absolute atomic E-state index is 0.0110. The van der Waals surface area contributed by atoms with Gasteiger partial charge in [-0.2, -0.15) is 0 Å². The molecule has 4 nitrogen and oxygen atoms in total. The minimum atomic E-state index is -0.732. The number of ether oxygens (including phenoxy) is 1. The van der Waals surface area contributed by atoms with E-state index in [-0.39, 0.29) is 25.5 Å². The first-order valence-electron chi connectivity index (χ1n) is 5.69. The first kappa shape index (κ1) is 14.6. The number of nitrogens with zero attached hydrogens (tertiary/aromatic N) is 1. The molecule has 1 amide bonds. The number of aliphatic hydroxyl groups is 1. The van der Waals surface area contributed by atoms with Crippen molar-refractivity contribution in [3.63, 3.8) is 0 Å². The molecule has 0 aliphatic rings. The first-order valence-corrected chi connectivity index (χ1v) is 5.69. The lowest BCUT2D eigenvalue weighted by molar-refractivity contribution is -0.130. The Morgan fingerprint density at radius 1 is 1.50 bits per heavy atom. The maximum absolute atomic E-state index is 13.4. The van der Waals surface area contributed by atoms with Crippen LogP contribution in [0.1, 0.15) is 5.56 Å². The largest absolute Gasteiger partial charge is 0.389 e. The number of amides is 1. The number of carbonyl (C=O) groups excluding carboxylic acids is 1. The predicted molar refractivity (Wildman–Crippen MR) is 65.6 cm³/mol. The van der Waals surface area contributed by atoms with Gasteiger partial charge >= 0.3 is 0 Å². The number of halogens is 1. The van der Waals surface area contributed by atoms with E-state index in [1.165, 1.54) is 18.1 Å². The molecule has 1 aromatic carbocycles. The van der Waals surface area contributed by atoms with Crippen LogP contribution < -0.4 is 0 Å². The Bertz CT molecular complexity index is 398. The molecule has 1 atom stereocenters. The maximum Gasteiger partial charge on any atom is 0.226 e. The monoisotopic (exact) mass is 255 g/mol. The van der Waals surface area contributed by atoms with Gasteiger partial charge < -0.3 is 14.7 Å². The Labute approximate surface area is 106 Å². The zero-order valence-electron chi connectivity index (χ0n) is 10.6. The highest BCUT2D eigenvalue weighted by molar-refractivity contribution is 5.78. The summed E-state index contributed by atoms with van der Waals surface area (Å²) in [4.78, 5) is 13.2. The van der Waals surface area contributed by atoms with Crippen LogP contribution in [-0.4, -0.2) is 49.3 Å². The smallest absolute Gasteiger partial charge is 0.226 e. The van der Waals surface area contributed by atoms with E-state index in [4.69, 9.17) is 4.74 Å². The molecule has 1 unspecified atom stereocenters. The quantitative estimate of drug-likeness (QED) is 0.819. The van der Waals surface area contributed by atoms with Gasteiger partial charge in [-0.25, -0.2) is 4.39 Å². The highest BCUT2D eigenvalue weighted by Crippen LogP contribution is 2.08. The Morgan fingerprint density at radius 3 is 2.78 bits per heavy atom. The van der Waals surface area contributed by atoms with E-state index in [0.717, 1.165) is 0 Å². The lowest BCUT2D eigenvalue weighted by Gasteiger charge is -2.20. The van der Waals surface area contributed by atoms with E-state index in [2.05, 4.69) is 0 Å². The van der Waals surface area contributed by atoms with Crippen LogP contribution in [0.3, 0.4) is 0 Å². The molecule has 100 valence electrons. The molecule has 5 heteroatoms. The van der Waals surface area contributed by atoms with Crippen molar-refractivity contribution in [2.24, 2.45) is 0 Å². The Kier molecular flexibility index (Phi) is 5.74. The fourth-order valence-electron chi connectivity index (χ4n) is 1.60. The van der Waals surface area contributed by atoms with Crippen molar-refractivity contribution in [2.45, 2.75) is 12.5 Å². The van der Waals surface area contributed by atoms with E-state index in [9.17, 15) is 14.3 Å². The molecule has 0 radical (unpaired) electrons. The van der Waals surface area contributed by atoms with Gasteiger partial charge in [-0.15, -0.1) is 0 Å². The van der Waals surface area contributed by atoms with Crippen molar-refractivity contribution in [1.29, 1.82) is 0 Å². The van der Waals surface area contributed by atoms with Crippen molar-refractivity contribution < 1.29 is 19.0 Å². The molecule has 0 spiro atoms. The van der Waals surface area contributed by atoms with Gasteiger partial charge in [0.05, 0.1) is 19.1 Å². The van der Waals surface area contributed by atoms with Crippen molar-refractivity contribution in [1.82, 2.24) is 4.90 Å². The summed E-state index contributed by atoms with van der Waals surface area (Å²) in [6, 6.07) is 6.16. The zero-order valence-corrected chi connectivity index (χ0v) is 10.6. The van der Waals surface area contributed by atoms with Crippen LogP contribution in [0, 0.1) is 5.82 Å². The molecule has 1 N–H and O–H groups in total. The molecular weight excluding hydrogens is 237 g/mol. The molecule has 0 heterocycles. The summed E-state index contributed by atoms with van der Waals surface area (Å²) < 4.78 is 18.1. The molecule has 0 fully saturated rings. The molecule has 0 bridgehead atoms. The summed E-state index contributed by atoms with van der Waals surface area (Å²) in [6.45, 7) is 0.332. The van der Waals surface area contributed by atoms with Crippen molar-refractivity contribution in [2.75, 3.05) is 27.3 Å². The van der Waals surface area contributed by atoms with E-state index in [0.29, 0.717) is 5.56 Å². The van der Waals surface area contributed by atoms with Crippen LogP contribution in [0.4, 0.5) is 4.39 Å². The van der Waals surface area contributed by atoms with Gasteiger partial charge in [-0.3, -0.25) is 4.79 Å². The zero-order chi connectivity index (χ0) is 13.5. The fraction of sp³-hybridized carbons (Fsp3) is 0.462. The number of hydrogen-bond acceptors (Lipinski definition) is 3. The molecular formula is C13H18FNO3. The summed E-state index contributed by atoms with van der Waals surface area (Å²) in [7, 11) is 3.05. The third kappa shape index (κ3) is 4.43. The molecule has 0 aromatic heterocycles. The van der Waals surface area contributed by atoms with Gasteiger partial charge in [0.1, 0.15) is 5.82 Å². The maximum atomic E-state index is 13.4. The van der Waals surface area contributed by atoms with Gasteiger partial charge in [0.15, 0.2) is 0 Å².